The number of nitrogens with zero attached hydrogens (tertiary/aromatic N) is 1. The van der Waals surface area contributed by atoms with E-state index in [0.29, 0.717) is 17.5 Å². The largest absolute Gasteiger partial charge is 0.396 e. The fraction of sp³-hybridized carbons (Fsp3) is 0.611. The van der Waals surface area contributed by atoms with E-state index in [2.05, 4.69) is 5.32 Å². The van der Waals surface area contributed by atoms with Crippen LogP contribution in [0.1, 0.15) is 43.7 Å². The van der Waals surface area contributed by atoms with Crippen LogP contribution in [0.25, 0.3) is 0 Å². The molecule has 1 saturated carbocycles. The number of aliphatic hydroxyl groups is 1. The molecule has 2 atom stereocenters. The van der Waals surface area contributed by atoms with E-state index in [4.69, 9.17) is 11.6 Å². The van der Waals surface area contributed by atoms with Crippen LogP contribution in [0, 0.1) is 11.8 Å². The lowest BCUT2D eigenvalue weighted by Gasteiger charge is -2.38. The van der Waals surface area contributed by atoms with Crippen LogP contribution in [0.2, 0.25) is 5.02 Å². The van der Waals surface area contributed by atoms with E-state index in [0.717, 1.165) is 37.8 Å². The van der Waals surface area contributed by atoms with Crippen molar-refractivity contribution in [1.29, 1.82) is 0 Å². The summed E-state index contributed by atoms with van der Waals surface area (Å²) in [7, 11) is 0. The van der Waals surface area contributed by atoms with E-state index in [1.807, 2.05) is 29.2 Å². The number of piperidine rings is 1. The van der Waals surface area contributed by atoms with Gasteiger partial charge in [0.1, 0.15) is 0 Å². The van der Waals surface area contributed by atoms with Crippen LogP contribution in [-0.2, 0) is 0 Å². The first-order chi connectivity index (χ1) is 11.2. The lowest BCUT2D eigenvalue weighted by atomic mass is 9.77. The van der Waals surface area contributed by atoms with Crippen molar-refractivity contribution in [3.05, 3.63) is 34.9 Å². The quantitative estimate of drug-likeness (QED) is 0.882. The van der Waals surface area contributed by atoms with Gasteiger partial charge in [0.2, 0.25) is 0 Å². The number of amides is 2. The Hall–Kier alpha value is -1.26. The van der Waals surface area contributed by atoms with Crippen molar-refractivity contribution in [1.82, 2.24) is 10.2 Å². The monoisotopic (exact) mass is 336 g/mol. The molecule has 126 valence electrons. The predicted octanol–water partition coefficient (Wildman–Crippen LogP) is 3.60. The number of benzene rings is 1. The van der Waals surface area contributed by atoms with Crippen LogP contribution >= 0.6 is 11.6 Å². The van der Waals surface area contributed by atoms with E-state index < -0.39 is 0 Å². The van der Waals surface area contributed by atoms with Crippen LogP contribution in [0.3, 0.4) is 0 Å². The van der Waals surface area contributed by atoms with Crippen LogP contribution in [-0.4, -0.2) is 35.7 Å². The molecule has 2 fully saturated rings. The van der Waals surface area contributed by atoms with Crippen LogP contribution in [0.5, 0.6) is 0 Å². The number of halogens is 1. The summed E-state index contributed by atoms with van der Waals surface area (Å²) in [6, 6.07) is 7.85. The number of aliphatic hydroxyl groups excluding tert-OH is 1. The van der Waals surface area contributed by atoms with E-state index >= 15 is 0 Å². The van der Waals surface area contributed by atoms with E-state index in [1.54, 1.807) is 0 Å². The molecule has 2 amide bonds. The standard InChI is InChI=1S/C18H25ClN2O2/c19-16-8-6-15(7-9-16)17(14-4-1-5-14)20-18(23)21-10-2-3-13(11-21)12-22/h6-9,13-14,17,22H,1-5,10-12H2,(H,20,23)/t13-,17+/m0/s1. The minimum atomic E-state index is -0.00463. The number of rotatable bonds is 4. The highest BCUT2D eigenvalue weighted by Crippen LogP contribution is 2.38. The Labute approximate surface area is 142 Å². The zero-order valence-corrected chi connectivity index (χ0v) is 14.1. The molecular weight excluding hydrogens is 312 g/mol. The topological polar surface area (TPSA) is 52.6 Å². The van der Waals surface area contributed by atoms with Crippen molar-refractivity contribution in [2.75, 3.05) is 19.7 Å². The fourth-order valence-corrected chi connectivity index (χ4v) is 3.67. The third-order valence-corrected chi connectivity index (χ3v) is 5.45. The number of hydrogen-bond donors (Lipinski definition) is 2. The predicted molar refractivity (Wildman–Crippen MR) is 91.4 cm³/mol. The number of carbonyl (C=O) groups is 1. The molecule has 5 heteroatoms. The van der Waals surface area contributed by atoms with Crippen LogP contribution in [0.15, 0.2) is 24.3 Å². The molecule has 0 unspecified atom stereocenters. The van der Waals surface area contributed by atoms with E-state index in [9.17, 15) is 9.90 Å². The highest BCUT2D eigenvalue weighted by atomic mass is 35.5. The van der Waals surface area contributed by atoms with Gasteiger partial charge in [0.05, 0.1) is 6.04 Å². The molecule has 0 aromatic heterocycles. The molecule has 1 aliphatic heterocycles. The molecule has 1 heterocycles. The molecule has 4 nitrogen and oxygen atoms in total. The molecule has 1 aromatic rings. The Morgan fingerprint density at radius 2 is 2.00 bits per heavy atom. The molecule has 1 aromatic carbocycles. The SMILES string of the molecule is O=C(N[C@@H](c1ccc(Cl)cc1)C1CCC1)N1CCC[C@H](CO)C1. The van der Waals surface area contributed by atoms with Gasteiger partial charge < -0.3 is 15.3 Å². The Bertz CT molecular complexity index is 530. The summed E-state index contributed by atoms with van der Waals surface area (Å²) < 4.78 is 0. The average Bonchev–Trinajstić information content (AvgIpc) is 2.53. The highest BCUT2D eigenvalue weighted by Gasteiger charge is 2.32. The first kappa shape index (κ1) is 16.6. The third kappa shape index (κ3) is 3.99. The van der Waals surface area contributed by atoms with Crippen molar-refractivity contribution in [3.8, 4) is 0 Å². The molecule has 0 radical (unpaired) electrons. The van der Waals surface area contributed by atoms with Crippen LogP contribution in [0.4, 0.5) is 4.79 Å². The number of nitrogens with one attached hydrogen (secondary N) is 1. The molecule has 2 N–H and O–H groups in total. The smallest absolute Gasteiger partial charge is 0.317 e. The van der Waals surface area contributed by atoms with Gasteiger partial charge in [-0.3, -0.25) is 0 Å². The number of hydrogen-bond acceptors (Lipinski definition) is 2. The second-order valence-corrected chi connectivity index (χ2v) is 7.24. The minimum absolute atomic E-state index is 0.00463. The van der Waals surface area contributed by atoms with Gasteiger partial charge in [0.25, 0.3) is 0 Å². The van der Waals surface area contributed by atoms with Gasteiger partial charge in [-0.05, 0) is 55.2 Å². The van der Waals surface area contributed by atoms with Gasteiger partial charge in [0, 0.05) is 24.7 Å². The maximum atomic E-state index is 12.7. The zero-order valence-electron chi connectivity index (χ0n) is 13.4. The van der Waals surface area contributed by atoms with Crippen molar-refractivity contribution in [3.63, 3.8) is 0 Å². The van der Waals surface area contributed by atoms with Crippen molar-refractivity contribution < 1.29 is 9.90 Å². The Morgan fingerprint density at radius 3 is 2.61 bits per heavy atom. The molecule has 0 spiro atoms. The molecule has 1 aliphatic carbocycles. The summed E-state index contributed by atoms with van der Waals surface area (Å²) in [5, 5.41) is 13.3. The van der Waals surface area contributed by atoms with Gasteiger partial charge in [-0.15, -0.1) is 0 Å². The highest BCUT2D eigenvalue weighted by molar-refractivity contribution is 6.30. The maximum Gasteiger partial charge on any atom is 0.317 e. The van der Waals surface area contributed by atoms with Gasteiger partial charge in [0.15, 0.2) is 0 Å². The lowest BCUT2D eigenvalue weighted by molar-refractivity contribution is 0.123. The Morgan fingerprint density at radius 1 is 1.26 bits per heavy atom. The van der Waals surface area contributed by atoms with E-state index in [1.165, 1.54) is 6.42 Å². The second kappa shape index (κ2) is 7.54. The molecule has 1 saturated heterocycles. The number of likely N-dealkylation sites (tertiary alicyclic amines) is 1. The molecule has 2 aliphatic rings. The van der Waals surface area contributed by atoms with Gasteiger partial charge in [-0.1, -0.05) is 30.2 Å². The fourth-order valence-electron chi connectivity index (χ4n) is 3.54. The van der Waals surface area contributed by atoms with Crippen LogP contribution < -0.4 is 5.32 Å². The van der Waals surface area contributed by atoms with Gasteiger partial charge in [-0.2, -0.15) is 0 Å². The zero-order chi connectivity index (χ0) is 16.2. The molecule has 0 bridgehead atoms. The molecule has 3 rings (SSSR count). The number of carbonyl (C=O) groups excluding carboxylic acids is 1. The Kier molecular flexibility index (Phi) is 5.44. The summed E-state index contributed by atoms with van der Waals surface area (Å²) in [4.78, 5) is 14.5. The van der Waals surface area contributed by atoms with Crippen molar-refractivity contribution in [2.45, 2.75) is 38.1 Å². The maximum absolute atomic E-state index is 12.7. The van der Waals surface area contributed by atoms with Gasteiger partial charge >= 0.3 is 6.03 Å². The number of urea groups is 1. The summed E-state index contributed by atoms with van der Waals surface area (Å²) in [5.41, 5.74) is 1.13. The summed E-state index contributed by atoms with van der Waals surface area (Å²) >= 11 is 5.98. The Balaban J connectivity index is 1.68. The molecular formula is C18H25ClN2O2. The molecule has 23 heavy (non-hydrogen) atoms. The van der Waals surface area contributed by atoms with Crippen molar-refractivity contribution in [2.24, 2.45) is 11.8 Å². The summed E-state index contributed by atoms with van der Waals surface area (Å²) in [5.74, 6) is 0.728. The third-order valence-electron chi connectivity index (χ3n) is 5.19. The lowest BCUT2D eigenvalue weighted by Crippen LogP contribution is -2.48. The van der Waals surface area contributed by atoms with Gasteiger partial charge in [-0.25, -0.2) is 4.79 Å². The van der Waals surface area contributed by atoms with Crippen molar-refractivity contribution >= 4 is 17.6 Å². The summed E-state index contributed by atoms with van der Waals surface area (Å²) in [6.07, 6.45) is 5.53. The van der Waals surface area contributed by atoms with E-state index in [-0.39, 0.29) is 24.6 Å². The average molecular weight is 337 g/mol. The first-order valence-electron chi connectivity index (χ1n) is 8.59. The first-order valence-corrected chi connectivity index (χ1v) is 8.97. The second-order valence-electron chi connectivity index (χ2n) is 6.81. The normalized spacial score (nSPS) is 23.2. The summed E-state index contributed by atoms with van der Waals surface area (Å²) in [6.45, 7) is 1.59. The minimum Gasteiger partial charge on any atom is -0.396 e.